The van der Waals surface area contributed by atoms with Gasteiger partial charge in [-0.25, -0.2) is 0 Å². The molecule has 0 spiro atoms. The number of benzene rings is 1. The van der Waals surface area contributed by atoms with Crippen LogP contribution < -0.4 is 20.3 Å². The normalized spacial score (nSPS) is 11.0. The highest BCUT2D eigenvalue weighted by molar-refractivity contribution is 6.07. The van der Waals surface area contributed by atoms with Crippen LogP contribution in [0.4, 0.5) is 0 Å². The molecular formula is C20H28N2O5. The number of nitrogens with one attached hydrogen (secondary N) is 1. The largest absolute Gasteiger partial charge is 0.493 e. The Bertz CT molecular complexity index is 858. The second kappa shape index (κ2) is 9.41. The molecule has 1 N–H and O–H groups in total. The van der Waals surface area contributed by atoms with Crippen molar-refractivity contribution in [3.63, 3.8) is 0 Å². The van der Waals surface area contributed by atoms with Crippen molar-refractivity contribution in [2.75, 3.05) is 34.5 Å². The number of pyridine rings is 1. The van der Waals surface area contributed by atoms with Crippen LogP contribution in [0.2, 0.25) is 0 Å². The molecule has 0 aliphatic heterocycles. The maximum absolute atomic E-state index is 12.9. The fourth-order valence-corrected chi connectivity index (χ4v) is 2.94. The lowest BCUT2D eigenvalue weighted by Gasteiger charge is -2.16. The second-order valence-corrected chi connectivity index (χ2v) is 6.75. The molecule has 0 aliphatic carbocycles. The molecule has 0 saturated carbocycles. The highest BCUT2D eigenvalue weighted by Crippen LogP contribution is 2.32. The summed E-state index contributed by atoms with van der Waals surface area (Å²) in [5.41, 5.74) is 0.277. The van der Waals surface area contributed by atoms with E-state index < -0.39 is 0 Å². The van der Waals surface area contributed by atoms with E-state index >= 15 is 0 Å². The maximum atomic E-state index is 12.9. The van der Waals surface area contributed by atoms with Gasteiger partial charge in [0.05, 0.1) is 25.2 Å². The lowest BCUT2D eigenvalue weighted by Crippen LogP contribution is -2.29. The Morgan fingerprint density at radius 1 is 1.11 bits per heavy atom. The Morgan fingerprint density at radius 3 is 2.30 bits per heavy atom. The molecule has 1 aromatic carbocycles. The molecule has 27 heavy (non-hydrogen) atoms. The summed E-state index contributed by atoms with van der Waals surface area (Å²) >= 11 is 0. The standard InChI is InChI=1S/C20H28N2O5/c1-13(2)11-22-12-16(19(23)21-7-6-8-25-3)14-9-17(26-4)18(27-5)10-15(14)20(22)24/h9-10,12-13H,6-8,11H2,1-5H3,(H,21,23). The number of fused-ring (bicyclic) bond motifs is 1. The van der Waals surface area contributed by atoms with Gasteiger partial charge in [0, 0.05) is 38.4 Å². The average molecular weight is 376 g/mol. The van der Waals surface area contributed by atoms with Crippen LogP contribution >= 0.6 is 0 Å². The Hall–Kier alpha value is -2.54. The molecule has 0 saturated heterocycles. The minimum Gasteiger partial charge on any atom is -0.493 e. The smallest absolute Gasteiger partial charge is 0.258 e. The highest BCUT2D eigenvalue weighted by Gasteiger charge is 2.18. The molecule has 1 heterocycles. The van der Waals surface area contributed by atoms with Crippen molar-refractivity contribution in [3.05, 3.63) is 34.2 Å². The van der Waals surface area contributed by atoms with E-state index in [9.17, 15) is 9.59 Å². The zero-order valence-electron chi connectivity index (χ0n) is 16.6. The Labute approximate surface area is 159 Å². The van der Waals surface area contributed by atoms with Crippen molar-refractivity contribution in [2.45, 2.75) is 26.8 Å². The van der Waals surface area contributed by atoms with Crippen LogP contribution in [0, 0.1) is 5.92 Å². The van der Waals surface area contributed by atoms with Crippen molar-refractivity contribution in [1.82, 2.24) is 9.88 Å². The molecule has 0 aliphatic rings. The molecule has 0 bridgehead atoms. The monoisotopic (exact) mass is 376 g/mol. The van der Waals surface area contributed by atoms with Gasteiger partial charge in [-0.15, -0.1) is 0 Å². The van der Waals surface area contributed by atoms with Gasteiger partial charge in [-0.3, -0.25) is 9.59 Å². The predicted octanol–water partition coefficient (Wildman–Crippen LogP) is 2.44. The van der Waals surface area contributed by atoms with Crippen LogP contribution in [0.1, 0.15) is 30.6 Å². The SMILES string of the molecule is COCCCNC(=O)c1cn(CC(C)C)c(=O)c2cc(OC)c(OC)cc12. The third-order valence-corrected chi connectivity index (χ3v) is 4.21. The number of ether oxygens (including phenoxy) is 3. The second-order valence-electron chi connectivity index (χ2n) is 6.75. The maximum Gasteiger partial charge on any atom is 0.258 e. The topological polar surface area (TPSA) is 78.8 Å². The van der Waals surface area contributed by atoms with Crippen molar-refractivity contribution >= 4 is 16.7 Å². The van der Waals surface area contributed by atoms with Gasteiger partial charge in [0.1, 0.15) is 0 Å². The Balaban J connectivity index is 2.59. The van der Waals surface area contributed by atoms with E-state index in [2.05, 4.69) is 5.32 Å². The van der Waals surface area contributed by atoms with Crippen molar-refractivity contribution in [1.29, 1.82) is 0 Å². The fraction of sp³-hybridized carbons (Fsp3) is 0.500. The van der Waals surface area contributed by atoms with Crippen molar-refractivity contribution < 1.29 is 19.0 Å². The first-order valence-corrected chi connectivity index (χ1v) is 8.99. The number of hydrogen-bond donors (Lipinski definition) is 1. The molecule has 1 aromatic heterocycles. The van der Waals surface area contributed by atoms with E-state index in [1.807, 2.05) is 13.8 Å². The molecule has 148 valence electrons. The third-order valence-electron chi connectivity index (χ3n) is 4.21. The molecule has 0 atom stereocenters. The molecule has 2 rings (SSSR count). The van der Waals surface area contributed by atoms with Gasteiger partial charge in [0.15, 0.2) is 11.5 Å². The number of nitrogens with zero attached hydrogens (tertiary/aromatic N) is 1. The van der Waals surface area contributed by atoms with E-state index in [0.29, 0.717) is 54.0 Å². The molecular weight excluding hydrogens is 348 g/mol. The molecule has 2 aromatic rings. The van der Waals surface area contributed by atoms with Crippen LogP contribution in [0.5, 0.6) is 11.5 Å². The number of aromatic nitrogens is 1. The number of amides is 1. The summed E-state index contributed by atoms with van der Waals surface area (Å²) in [6.07, 6.45) is 2.34. The minimum absolute atomic E-state index is 0.157. The molecule has 0 radical (unpaired) electrons. The third kappa shape index (κ3) is 4.80. The Kier molecular flexibility index (Phi) is 7.24. The first-order chi connectivity index (χ1) is 12.9. The van der Waals surface area contributed by atoms with E-state index in [1.54, 1.807) is 30.0 Å². The van der Waals surface area contributed by atoms with Crippen LogP contribution in [0.3, 0.4) is 0 Å². The Morgan fingerprint density at radius 2 is 1.74 bits per heavy atom. The summed E-state index contributed by atoms with van der Waals surface area (Å²) in [4.78, 5) is 25.7. The summed E-state index contributed by atoms with van der Waals surface area (Å²) < 4.78 is 17.3. The van der Waals surface area contributed by atoms with E-state index in [4.69, 9.17) is 14.2 Å². The number of rotatable bonds is 9. The summed E-state index contributed by atoms with van der Waals surface area (Å²) in [6.45, 7) is 5.63. The predicted molar refractivity (Wildman–Crippen MR) is 105 cm³/mol. The van der Waals surface area contributed by atoms with E-state index in [1.165, 1.54) is 14.2 Å². The molecule has 7 nitrogen and oxygen atoms in total. The van der Waals surface area contributed by atoms with Crippen molar-refractivity contribution in [2.24, 2.45) is 5.92 Å². The number of carbonyl (C=O) groups is 1. The van der Waals surface area contributed by atoms with Gasteiger partial charge in [-0.1, -0.05) is 13.8 Å². The van der Waals surface area contributed by atoms with E-state index in [-0.39, 0.29) is 17.4 Å². The zero-order valence-corrected chi connectivity index (χ0v) is 16.6. The molecule has 0 unspecified atom stereocenters. The molecule has 7 heteroatoms. The molecule has 0 fully saturated rings. The quantitative estimate of drug-likeness (QED) is 0.680. The van der Waals surface area contributed by atoms with Crippen LogP contribution in [-0.4, -0.2) is 45.0 Å². The van der Waals surface area contributed by atoms with E-state index in [0.717, 1.165) is 0 Å². The highest BCUT2D eigenvalue weighted by atomic mass is 16.5. The number of carbonyl (C=O) groups excluding carboxylic acids is 1. The lowest BCUT2D eigenvalue weighted by atomic mass is 10.0. The van der Waals surface area contributed by atoms with Crippen LogP contribution in [0.25, 0.3) is 10.8 Å². The average Bonchev–Trinajstić information content (AvgIpc) is 2.65. The summed E-state index contributed by atoms with van der Waals surface area (Å²) in [7, 11) is 4.66. The number of hydrogen-bond acceptors (Lipinski definition) is 5. The minimum atomic E-state index is -0.235. The first-order valence-electron chi connectivity index (χ1n) is 8.99. The first kappa shape index (κ1) is 20.8. The summed E-state index contributed by atoms with van der Waals surface area (Å²) in [5, 5.41) is 3.86. The van der Waals surface area contributed by atoms with Gasteiger partial charge in [0.25, 0.3) is 11.5 Å². The zero-order chi connectivity index (χ0) is 20.0. The molecule has 1 amide bonds. The fourth-order valence-electron chi connectivity index (χ4n) is 2.94. The van der Waals surface area contributed by atoms with Crippen LogP contribution in [-0.2, 0) is 11.3 Å². The van der Waals surface area contributed by atoms with Gasteiger partial charge < -0.3 is 24.1 Å². The van der Waals surface area contributed by atoms with Gasteiger partial charge in [0.2, 0.25) is 0 Å². The van der Waals surface area contributed by atoms with Gasteiger partial charge in [-0.05, 0) is 24.5 Å². The lowest BCUT2D eigenvalue weighted by molar-refractivity contribution is 0.0949. The number of methoxy groups -OCH3 is 3. The summed E-state index contributed by atoms with van der Waals surface area (Å²) in [6, 6.07) is 3.31. The van der Waals surface area contributed by atoms with Crippen LogP contribution in [0.15, 0.2) is 23.1 Å². The summed E-state index contributed by atoms with van der Waals surface area (Å²) in [5.74, 6) is 0.953. The van der Waals surface area contributed by atoms with Crippen molar-refractivity contribution in [3.8, 4) is 11.5 Å². The van der Waals surface area contributed by atoms with Gasteiger partial charge >= 0.3 is 0 Å². The van der Waals surface area contributed by atoms with Gasteiger partial charge in [-0.2, -0.15) is 0 Å².